The molecule has 0 atom stereocenters. The number of hydrogen-bond donors (Lipinski definition) is 0. The standard InChI is InChI=1S/C5H3N4S/c1-2-10-3-5(1)9-7-4-6-8-9/h1-2,4H. The highest BCUT2D eigenvalue weighted by molar-refractivity contribution is 7.07. The van der Waals surface area contributed by atoms with Crippen LogP contribution in [0, 0.1) is 5.38 Å². The largest absolute Gasteiger partial charge is 0.162 e. The smallest absolute Gasteiger partial charge is 0.140 e. The van der Waals surface area contributed by atoms with Gasteiger partial charge in [0.1, 0.15) is 5.69 Å². The molecule has 0 fully saturated rings. The van der Waals surface area contributed by atoms with E-state index in [0.29, 0.717) is 0 Å². The molecule has 2 heterocycles. The second-order valence-electron chi connectivity index (χ2n) is 1.63. The summed E-state index contributed by atoms with van der Waals surface area (Å²) in [7, 11) is 0. The van der Waals surface area contributed by atoms with Crippen molar-refractivity contribution in [2.75, 3.05) is 0 Å². The van der Waals surface area contributed by atoms with Gasteiger partial charge in [0.05, 0.1) is 5.38 Å². The van der Waals surface area contributed by atoms with E-state index in [1.165, 1.54) is 22.5 Å². The lowest BCUT2D eigenvalue weighted by Crippen LogP contribution is -1.95. The average Bonchev–Trinajstić information content (AvgIpc) is 2.59. The molecular weight excluding hydrogens is 148 g/mol. The Morgan fingerprint density at radius 1 is 1.60 bits per heavy atom. The molecule has 0 saturated heterocycles. The van der Waals surface area contributed by atoms with E-state index in [1.807, 2.05) is 11.4 Å². The first-order valence-corrected chi connectivity index (χ1v) is 3.53. The maximum absolute atomic E-state index is 3.83. The second kappa shape index (κ2) is 2.18. The van der Waals surface area contributed by atoms with E-state index < -0.39 is 0 Å². The number of aromatic nitrogens is 4. The Hall–Kier alpha value is -1.23. The van der Waals surface area contributed by atoms with Crippen molar-refractivity contribution in [3.63, 3.8) is 0 Å². The molecule has 0 aliphatic heterocycles. The van der Waals surface area contributed by atoms with Crippen molar-refractivity contribution in [2.24, 2.45) is 0 Å². The predicted molar refractivity (Wildman–Crippen MR) is 35.9 cm³/mol. The van der Waals surface area contributed by atoms with Gasteiger partial charge in [0.2, 0.25) is 0 Å². The fourth-order valence-electron chi connectivity index (χ4n) is 0.612. The molecule has 5 heteroatoms. The summed E-state index contributed by atoms with van der Waals surface area (Å²) < 4.78 is 0. The third-order valence-corrected chi connectivity index (χ3v) is 1.62. The second-order valence-corrected chi connectivity index (χ2v) is 2.35. The molecule has 0 aliphatic carbocycles. The van der Waals surface area contributed by atoms with Crippen LogP contribution in [-0.2, 0) is 0 Å². The van der Waals surface area contributed by atoms with Gasteiger partial charge in [0, 0.05) is 0 Å². The maximum atomic E-state index is 3.83. The zero-order valence-corrected chi connectivity index (χ0v) is 5.75. The first kappa shape index (κ1) is 5.55. The number of thiophene rings is 1. The van der Waals surface area contributed by atoms with Crippen LogP contribution >= 0.6 is 11.3 Å². The van der Waals surface area contributed by atoms with Crippen LogP contribution in [0.2, 0.25) is 0 Å². The number of hydrogen-bond acceptors (Lipinski definition) is 4. The van der Waals surface area contributed by atoms with Crippen molar-refractivity contribution in [1.82, 2.24) is 20.2 Å². The van der Waals surface area contributed by atoms with Crippen molar-refractivity contribution in [3.05, 3.63) is 23.2 Å². The Morgan fingerprint density at radius 3 is 3.20 bits per heavy atom. The normalized spacial score (nSPS) is 10.0. The van der Waals surface area contributed by atoms with Gasteiger partial charge in [0.25, 0.3) is 0 Å². The summed E-state index contributed by atoms with van der Waals surface area (Å²) in [6.07, 6.45) is 1.39. The summed E-state index contributed by atoms with van der Waals surface area (Å²) in [5.41, 5.74) is 0.836. The summed E-state index contributed by atoms with van der Waals surface area (Å²) >= 11 is 1.48. The monoisotopic (exact) mass is 151 g/mol. The molecule has 2 aromatic rings. The van der Waals surface area contributed by atoms with E-state index in [9.17, 15) is 0 Å². The van der Waals surface area contributed by atoms with Gasteiger partial charge in [-0.25, -0.2) is 0 Å². The van der Waals surface area contributed by atoms with Gasteiger partial charge in [-0.1, -0.05) is 0 Å². The highest BCUT2D eigenvalue weighted by Gasteiger charge is 1.96. The molecule has 0 spiro atoms. The quantitative estimate of drug-likeness (QED) is 0.597. The van der Waals surface area contributed by atoms with Gasteiger partial charge in [-0.2, -0.15) is 0 Å². The highest BCUT2D eigenvalue weighted by Crippen LogP contribution is 2.06. The molecule has 0 aromatic carbocycles. The topological polar surface area (TPSA) is 43.6 Å². The fourth-order valence-corrected chi connectivity index (χ4v) is 1.15. The number of rotatable bonds is 1. The number of nitrogens with zero attached hydrogens (tertiary/aromatic N) is 4. The molecular formula is C5H3N4S. The molecule has 0 N–H and O–H groups in total. The molecule has 0 unspecified atom stereocenters. The van der Waals surface area contributed by atoms with E-state index in [0.717, 1.165) is 5.69 Å². The van der Waals surface area contributed by atoms with Crippen LogP contribution < -0.4 is 0 Å². The Labute approximate surface area is 61.1 Å². The molecule has 0 bridgehead atoms. The van der Waals surface area contributed by atoms with Gasteiger partial charge < -0.3 is 0 Å². The molecule has 10 heavy (non-hydrogen) atoms. The highest BCUT2D eigenvalue weighted by atomic mass is 32.1. The van der Waals surface area contributed by atoms with Crippen LogP contribution in [-0.4, -0.2) is 20.2 Å². The van der Waals surface area contributed by atoms with Crippen molar-refractivity contribution < 1.29 is 0 Å². The molecule has 0 saturated carbocycles. The van der Waals surface area contributed by atoms with Gasteiger partial charge in [-0.15, -0.1) is 26.3 Å². The maximum Gasteiger partial charge on any atom is 0.162 e. The Balaban J connectivity index is 2.48. The van der Waals surface area contributed by atoms with Crippen LogP contribution in [0.5, 0.6) is 0 Å². The molecule has 2 rings (SSSR count). The van der Waals surface area contributed by atoms with Crippen molar-refractivity contribution >= 4 is 11.3 Å². The summed E-state index contributed by atoms with van der Waals surface area (Å²) in [5, 5.41) is 16.0. The summed E-state index contributed by atoms with van der Waals surface area (Å²) in [6.45, 7) is 0. The van der Waals surface area contributed by atoms with Crippen molar-refractivity contribution in [1.29, 1.82) is 0 Å². The van der Waals surface area contributed by atoms with Gasteiger partial charge in [0.15, 0.2) is 6.33 Å². The molecule has 49 valence electrons. The van der Waals surface area contributed by atoms with Crippen LogP contribution in [0.1, 0.15) is 0 Å². The minimum Gasteiger partial charge on any atom is -0.140 e. The van der Waals surface area contributed by atoms with E-state index in [1.54, 1.807) is 0 Å². The molecule has 0 amide bonds. The fraction of sp³-hybridized carbons (Fsp3) is 0. The van der Waals surface area contributed by atoms with Gasteiger partial charge >= 0.3 is 0 Å². The van der Waals surface area contributed by atoms with E-state index >= 15 is 0 Å². The Bertz CT molecular complexity index is 253. The van der Waals surface area contributed by atoms with E-state index in [4.69, 9.17) is 0 Å². The van der Waals surface area contributed by atoms with Gasteiger partial charge in [-0.05, 0) is 16.7 Å². The predicted octanol–water partition coefficient (Wildman–Crippen LogP) is 0.524. The SMILES string of the molecule is [c]1sccc1-n1ncnn1. The molecule has 4 nitrogen and oxygen atoms in total. The third kappa shape index (κ3) is 0.801. The molecule has 1 radical (unpaired) electrons. The zero-order chi connectivity index (χ0) is 6.81. The lowest BCUT2D eigenvalue weighted by Gasteiger charge is -1.86. The van der Waals surface area contributed by atoms with Crippen LogP contribution in [0.15, 0.2) is 17.8 Å². The van der Waals surface area contributed by atoms with Crippen molar-refractivity contribution in [3.8, 4) is 5.69 Å². The van der Waals surface area contributed by atoms with Gasteiger partial charge in [-0.3, -0.25) is 0 Å². The molecule has 2 aromatic heterocycles. The first-order chi connectivity index (χ1) is 4.97. The first-order valence-electron chi connectivity index (χ1n) is 2.65. The average molecular weight is 151 g/mol. The lowest BCUT2D eigenvalue weighted by atomic mass is 10.6. The lowest BCUT2D eigenvalue weighted by molar-refractivity contribution is 0.721. The van der Waals surface area contributed by atoms with Crippen LogP contribution in [0.25, 0.3) is 5.69 Å². The van der Waals surface area contributed by atoms with E-state index in [-0.39, 0.29) is 0 Å². The molecule has 0 aliphatic rings. The van der Waals surface area contributed by atoms with Crippen LogP contribution in [0.3, 0.4) is 0 Å². The summed E-state index contributed by atoms with van der Waals surface area (Å²) in [5.74, 6) is 0. The Morgan fingerprint density at radius 2 is 2.60 bits per heavy atom. The summed E-state index contributed by atoms with van der Waals surface area (Å²) in [4.78, 5) is 1.43. The Kier molecular flexibility index (Phi) is 1.21. The summed E-state index contributed by atoms with van der Waals surface area (Å²) in [6, 6.07) is 1.88. The zero-order valence-electron chi connectivity index (χ0n) is 4.93. The number of tetrazole rings is 1. The third-order valence-electron chi connectivity index (χ3n) is 1.02. The van der Waals surface area contributed by atoms with E-state index in [2.05, 4.69) is 20.8 Å². The van der Waals surface area contributed by atoms with Crippen LogP contribution in [0.4, 0.5) is 0 Å². The minimum absolute atomic E-state index is 0.836. The minimum atomic E-state index is 0.836. The van der Waals surface area contributed by atoms with Crippen molar-refractivity contribution in [2.45, 2.75) is 0 Å².